The molecule has 1 amide bonds. The van der Waals surface area contributed by atoms with Gasteiger partial charge in [0.2, 0.25) is 11.8 Å². The van der Waals surface area contributed by atoms with Gasteiger partial charge in [0.25, 0.3) is 0 Å². The van der Waals surface area contributed by atoms with Crippen molar-refractivity contribution in [3.05, 3.63) is 103 Å². The van der Waals surface area contributed by atoms with Gasteiger partial charge in [-0.3, -0.25) is 9.69 Å². The van der Waals surface area contributed by atoms with Gasteiger partial charge >= 0.3 is 22.8 Å². The van der Waals surface area contributed by atoms with Gasteiger partial charge in [0, 0.05) is 62.2 Å². The van der Waals surface area contributed by atoms with Gasteiger partial charge < -0.3 is 38.7 Å². The van der Waals surface area contributed by atoms with Gasteiger partial charge in [-0.25, -0.2) is 9.78 Å². The standard InChI is InChI=1S/C27H24Cl2N3O3.C8H7N4O2.Mn/c1-34-26-24-16(9-10-22(24)32-14-27(15-32)13-30-23(33)12-35-27)11-21(31-26)19-7-4-6-18(25(19)29)17-5-2-3-8-20(17)28;1-11-6-5(3-9-4-10-6)7(13)12(2)8(11)14;/h2-7,11,22H,9-10,12-15H2,1H3,(H,30,33);4H,1-2H3;/q2*-1;+2/t22-;;/m0../s1. The zero-order valence-corrected chi connectivity index (χ0v) is 30.0. The van der Waals surface area contributed by atoms with Crippen molar-refractivity contribution >= 4 is 40.1 Å². The Labute approximate surface area is 307 Å². The molecule has 8 rings (SSSR count). The van der Waals surface area contributed by atoms with Crippen LogP contribution in [0.2, 0.25) is 10.0 Å². The van der Waals surface area contributed by atoms with Gasteiger partial charge in [-0.1, -0.05) is 40.4 Å². The zero-order chi connectivity index (χ0) is 34.4. The van der Waals surface area contributed by atoms with Crippen molar-refractivity contribution in [1.82, 2.24) is 34.3 Å². The third-order valence-electron chi connectivity index (χ3n) is 9.28. The number of ether oxygens (including phenoxy) is 2. The molecule has 5 aromatic rings. The molecule has 2 saturated heterocycles. The summed E-state index contributed by atoms with van der Waals surface area (Å²) >= 11 is 13.3. The number of hydrogen-bond acceptors (Lipinski definition) is 9. The number of nitrogens with zero attached hydrogens (tertiary/aromatic N) is 6. The molecule has 2 aliphatic heterocycles. The van der Waals surface area contributed by atoms with Crippen LogP contribution in [0.1, 0.15) is 23.6 Å². The van der Waals surface area contributed by atoms with Gasteiger partial charge in [-0.2, -0.15) is 24.3 Å². The number of morpholine rings is 1. The molecular weight excluding hydrogens is 724 g/mol. The van der Waals surface area contributed by atoms with Gasteiger partial charge in [-0.05, 0) is 36.1 Å². The quantitative estimate of drug-likeness (QED) is 0.216. The summed E-state index contributed by atoms with van der Waals surface area (Å²) in [5, 5.41) is 4.27. The fourth-order valence-electron chi connectivity index (χ4n) is 6.76. The second-order valence-corrected chi connectivity index (χ2v) is 13.0. The molecule has 3 aliphatic rings. The molecule has 1 aliphatic carbocycles. The van der Waals surface area contributed by atoms with Crippen molar-refractivity contribution in [2.45, 2.75) is 24.5 Å². The second kappa shape index (κ2) is 14.3. The molecule has 50 heavy (non-hydrogen) atoms. The first-order valence-corrected chi connectivity index (χ1v) is 16.3. The van der Waals surface area contributed by atoms with Gasteiger partial charge in [0.15, 0.2) is 5.56 Å². The molecule has 15 heteroatoms. The number of fused-ring (bicyclic) bond motifs is 2. The van der Waals surface area contributed by atoms with Crippen LogP contribution in [0.4, 0.5) is 0 Å². The molecule has 1 N–H and O–H groups in total. The molecule has 3 aromatic heterocycles. The minimum absolute atomic E-state index is 0. The average Bonchev–Trinajstić information content (AvgIpc) is 3.53. The minimum Gasteiger partial charge on any atom is -0.481 e. The predicted octanol–water partition coefficient (Wildman–Crippen LogP) is 3.54. The number of benzene rings is 2. The van der Waals surface area contributed by atoms with Crippen LogP contribution < -0.4 is 21.3 Å². The van der Waals surface area contributed by atoms with Crippen LogP contribution in [-0.2, 0) is 47.1 Å². The van der Waals surface area contributed by atoms with E-state index in [1.54, 1.807) is 20.2 Å². The molecule has 5 heterocycles. The number of carbonyl (C=O) groups is 1. The zero-order valence-electron chi connectivity index (χ0n) is 27.3. The smallest absolute Gasteiger partial charge is 0.481 e. The third kappa shape index (κ3) is 6.34. The molecule has 1 radical (unpaired) electrons. The Hall–Kier alpha value is -4.10. The molecule has 0 saturated carbocycles. The van der Waals surface area contributed by atoms with Gasteiger partial charge in [0.05, 0.1) is 18.5 Å². The van der Waals surface area contributed by atoms with Crippen molar-refractivity contribution in [2.24, 2.45) is 14.1 Å². The fraction of sp³-hybridized carbons (Fsp3) is 0.314. The first-order valence-electron chi connectivity index (χ1n) is 15.6. The number of aryl methyl sites for hydroxylation is 2. The van der Waals surface area contributed by atoms with Crippen molar-refractivity contribution < 1.29 is 31.3 Å². The summed E-state index contributed by atoms with van der Waals surface area (Å²) in [6.07, 6.45) is 5.70. The number of halogens is 2. The summed E-state index contributed by atoms with van der Waals surface area (Å²) in [4.78, 5) is 49.2. The Balaban J connectivity index is 0.000000242. The van der Waals surface area contributed by atoms with E-state index >= 15 is 0 Å². The van der Waals surface area contributed by atoms with Gasteiger partial charge in [0.1, 0.15) is 12.2 Å². The fourth-order valence-corrected chi connectivity index (χ4v) is 7.31. The SMILES string of the molecule is COc1nc(-c2cccc(-c3ccc[c-]c3Cl)c2Cl)cc2c1[C@@H](N1CC3(CNC(=O)CO3)C1)CC2.Cn1c(=O)c2[c-]ncnc2n(C)c1=O.[Mn+2]. The summed E-state index contributed by atoms with van der Waals surface area (Å²) in [6, 6.07) is 16.9. The number of hydrogen-bond donors (Lipinski definition) is 1. The Bertz CT molecular complexity index is 2230. The predicted molar refractivity (Wildman–Crippen MR) is 184 cm³/mol. The van der Waals surface area contributed by atoms with E-state index in [9.17, 15) is 14.4 Å². The minimum atomic E-state index is -0.427. The second-order valence-electron chi connectivity index (χ2n) is 12.3. The van der Waals surface area contributed by atoms with Crippen LogP contribution in [0.15, 0.2) is 58.4 Å². The maximum atomic E-state index is 11.5. The Morgan fingerprint density at radius 1 is 1.06 bits per heavy atom. The number of likely N-dealkylation sites (tertiary alicyclic amines) is 1. The molecule has 0 bridgehead atoms. The number of amides is 1. The first-order chi connectivity index (χ1) is 23.6. The van der Waals surface area contributed by atoms with Crippen molar-refractivity contribution in [3.63, 3.8) is 0 Å². The largest absolute Gasteiger partial charge is 2.00 e. The van der Waals surface area contributed by atoms with E-state index < -0.39 is 11.2 Å². The molecular formula is C35H31Cl2MnN7O5. The maximum Gasteiger partial charge on any atom is 2.00 e. The number of pyridine rings is 1. The Kier molecular flexibility index (Phi) is 10.2. The average molecular weight is 756 g/mol. The third-order valence-corrected chi connectivity index (χ3v) is 10.0. The summed E-state index contributed by atoms with van der Waals surface area (Å²) < 4.78 is 14.0. The number of rotatable bonds is 4. The number of aromatic nitrogens is 5. The number of carbonyl (C=O) groups excluding carboxylic acids is 1. The number of methoxy groups -OCH3 is 1. The molecule has 2 aromatic carbocycles. The molecule has 257 valence electrons. The van der Waals surface area contributed by atoms with E-state index in [2.05, 4.69) is 38.5 Å². The van der Waals surface area contributed by atoms with E-state index in [1.807, 2.05) is 30.3 Å². The van der Waals surface area contributed by atoms with Gasteiger partial charge in [-0.15, -0.1) is 17.2 Å². The van der Waals surface area contributed by atoms with E-state index in [1.165, 1.54) is 23.5 Å². The van der Waals surface area contributed by atoms with Crippen LogP contribution in [0.25, 0.3) is 33.4 Å². The van der Waals surface area contributed by atoms with E-state index in [0.29, 0.717) is 28.1 Å². The normalized spacial score (nSPS) is 17.6. The first kappa shape index (κ1) is 35.7. The monoisotopic (exact) mass is 754 g/mol. The summed E-state index contributed by atoms with van der Waals surface area (Å²) in [7, 11) is 4.62. The molecule has 12 nitrogen and oxygen atoms in total. The molecule has 2 fully saturated rings. The van der Waals surface area contributed by atoms with Crippen molar-refractivity contribution in [2.75, 3.05) is 33.4 Å². The van der Waals surface area contributed by atoms with E-state index in [-0.39, 0.29) is 46.6 Å². The Morgan fingerprint density at radius 3 is 2.54 bits per heavy atom. The van der Waals surface area contributed by atoms with Crippen LogP contribution in [-0.4, -0.2) is 73.8 Å². The Morgan fingerprint density at radius 2 is 1.82 bits per heavy atom. The molecule has 1 atom stereocenters. The summed E-state index contributed by atoms with van der Waals surface area (Å²) in [6.45, 7) is 2.26. The van der Waals surface area contributed by atoms with Crippen molar-refractivity contribution in [3.8, 4) is 28.3 Å². The topological polar surface area (TPSA) is 133 Å². The molecule has 1 spiro atoms. The van der Waals surface area contributed by atoms with Crippen molar-refractivity contribution in [1.29, 1.82) is 0 Å². The summed E-state index contributed by atoms with van der Waals surface area (Å²) in [5.41, 5.74) is 4.85. The van der Waals surface area contributed by atoms with E-state index in [0.717, 1.165) is 58.4 Å². The summed E-state index contributed by atoms with van der Waals surface area (Å²) in [5.74, 6) is 0.584. The number of nitrogens with one attached hydrogen (secondary N) is 1. The van der Waals surface area contributed by atoms with Crippen LogP contribution in [0.3, 0.4) is 0 Å². The van der Waals surface area contributed by atoms with Crippen LogP contribution in [0, 0.1) is 12.3 Å². The van der Waals surface area contributed by atoms with Crippen LogP contribution in [0.5, 0.6) is 5.88 Å². The molecule has 0 unspecified atom stereocenters. The maximum absolute atomic E-state index is 11.5. The van der Waals surface area contributed by atoms with E-state index in [4.69, 9.17) is 37.7 Å². The van der Waals surface area contributed by atoms with Crippen LogP contribution >= 0.6 is 23.2 Å².